The zero-order valence-corrected chi connectivity index (χ0v) is 14.2. The Labute approximate surface area is 148 Å². The molecule has 3 rings (SSSR count). The van der Waals surface area contributed by atoms with Crippen LogP contribution in [0.4, 0.5) is 0 Å². The van der Waals surface area contributed by atoms with Gasteiger partial charge in [-0.15, -0.1) is 0 Å². The minimum Gasteiger partial charge on any atom is -0.478 e. The number of carboxylic acids is 1. The van der Waals surface area contributed by atoms with Crippen LogP contribution in [0.25, 0.3) is 10.9 Å². The van der Waals surface area contributed by atoms with Crippen molar-refractivity contribution in [3.05, 3.63) is 35.0 Å². The summed E-state index contributed by atoms with van der Waals surface area (Å²) >= 11 is 8.81. The van der Waals surface area contributed by atoms with Gasteiger partial charge in [0.1, 0.15) is 12.2 Å². The first-order valence-electron chi connectivity index (χ1n) is 6.77. The van der Waals surface area contributed by atoms with Crippen molar-refractivity contribution in [3.63, 3.8) is 0 Å². The number of halogens is 2. The van der Waals surface area contributed by atoms with Crippen molar-refractivity contribution >= 4 is 44.4 Å². The van der Waals surface area contributed by atoms with Crippen LogP contribution in [0.5, 0.6) is 0 Å². The van der Waals surface area contributed by atoms with E-state index in [0.29, 0.717) is 15.9 Å². The maximum absolute atomic E-state index is 11.7. The maximum Gasteiger partial charge on any atom is 0.351 e. The van der Waals surface area contributed by atoms with Gasteiger partial charge in [-0.2, -0.15) is 0 Å². The predicted octanol–water partition coefficient (Wildman–Crippen LogP) is 0.255. The molecule has 0 spiro atoms. The van der Waals surface area contributed by atoms with Gasteiger partial charge < -0.3 is 35.3 Å². The minimum absolute atomic E-state index is 0.164. The molecule has 0 bridgehead atoms. The highest BCUT2D eigenvalue weighted by Gasteiger charge is 2.68. The highest BCUT2D eigenvalue weighted by Crippen LogP contribution is 2.49. The molecular weight excluding hydrogens is 410 g/mol. The van der Waals surface area contributed by atoms with Gasteiger partial charge in [0.15, 0.2) is 11.9 Å². The highest BCUT2D eigenvalue weighted by atomic mass is 79.9. The van der Waals surface area contributed by atoms with Crippen molar-refractivity contribution in [2.45, 2.75) is 28.6 Å². The number of aliphatic hydroxyl groups is 4. The second-order valence-electron chi connectivity index (χ2n) is 5.49. The molecule has 1 aliphatic heterocycles. The molecule has 0 aliphatic carbocycles. The fourth-order valence-electron chi connectivity index (χ4n) is 2.79. The molecule has 24 heavy (non-hydrogen) atoms. The Morgan fingerprint density at radius 3 is 2.58 bits per heavy atom. The monoisotopic (exact) mass is 421 g/mol. The van der Waals surface area contributed by atoms with Crippen LogP contribution < -0.4 is 0 Å². The number of aromatic nitrogens is 1. The number of ether oxygens (including phenoxy) is 1. The van der Waals surface area contributed by atoms with Crippen molar-refractivity contribution in [2.75, 3.05) is 0 Å². The number of rotatable bonds is 2. The fourth-order valence-corrected chi connectivity index (χ4v) is 3.66. The number of fused-ring (bicyclic) bond motifs is 1. The predicted molar refractivity (Wildman–Crippen MR) is 85.6 cm³/mol. The molecule has 0 unspecified atom stereocenters. The van der Waals surface area contributed by atoms with Crippen molar-refractivity contribution < 1.29 is 35.1 Å². The van der Waals surface area contributed by atoms with Crippen LogP contribution in [-0.4, -0.2) is 59.5 Å². The van der Waals surface area contributed by atoms with Crippen molar-refractivity contribution in [3.8, 4) is 0 Å². The van der Waals surface area contributed by atoms with E-state index in [4.69, 9.17) is 16.3 Å². The molecule has 1 aliphatic rings. The third-order valence-electron chi connectivity index (χ3n) is 4.11. The molecule has 1 saturated heterocycles. The van der Waals surface area contributed by atoms with Crippen LogP contribution in [0.3, 0.4) is 0 Å². The van der Waals surface area contributed by atoms with Gasteiger partial charge >= 0.3 is 5.97 Å². The summed E-state index contributed by atoms with van der Waals surface area (Å²) in [5.41, 5.74) is -2.35. The third kappa shape index (κ3) is 2.21. The van der Waals surface area contributed by atoms with Crippen LogP contribution in [0, 0.1) is 0 Å². The SMILES string of the molecule is O=C(O)[C@@]1(Br)O[C@@H](O)[C@H](O)[C@@H](O)[C@@]1(O)c1cc2c(Cl)cccc2[nH]1. The van der Waals surface area contributed by atoms with Crippen LogP contribution in [0.2, 0.25) is 5.02 Å². The minimum atomic E-state index is -2.65. The molecule has 5 atom stereocenters. The Kier molecular flexibility index (Phi) is 4.16. The number of H-pyrrole nitrogens is 1. The Hall–Kier alpha value is -1.20. The number of carbonyl (C=O) groups is 1. The Bertz CT molecular complexity index is 814. The topological polar surface area (TPSA) is 143 Å². The fraction of sp³-hybridized carbons (Fsp3) is 0.357. The standard InChI is InChI=1S/C14H13BrClNO7/c15-14(12(21)22)13(23,10(19)9(18)11(20)24-14)8-4-5-6(16)2-1-3-7(5)17-8/h1-4,9-11,17-20,23H,(H,21,22)/t9-,10-,11-,13+,14-/m1/s1. The van der Waals surface area contributed by atoms with Crippen LogP contribution in [0.15, 0.2) is 24.3 Å². The molecule has 1 aromatic heterocycles. The molecule has 2 aromatic rings. The zero-order valence-electron chi connectivity index (χ0n) is 11.8. The Morgan fingerprint density at radius 1 is 1.33 bits per heavy atom. The smallest absolute Gasteiger partial charge is 0.351 e. The Balaban J connectivity index is 2.25. The number of aliphatic hydroxyl groups excluding tert-OH is 3. The third-order valence-corrected chi connectivity index (χ3v) is 5.57. The first-order valence-corrected chi connectivity index (χ1v) is 7.94. The lowest BCUT2D eigenvalue weighted by atomic mass is 9.81. The molecule has 0 saturated carbocycles. The lowest BCUT2D eigenvalue weighted by Crippen LogP contribution is -2.70. The van der Waals surface area contributed by atoms with Crippen LogP contribution >= 0.6 is 27.5 Å². The largest absolute Gasteiger partial charge is 0.478 e. The van der Waals surface area contributed by atoms with Crippen LogP contribution in [-0.2, 0) is 15.1 Å². The van der Waals surface area contributed by atoms with Gasteiger partial charge in [0.2, 0.25) is 0 Å². The van der Waals surface area contributed by atoms with E-state index in [-0.39, 0.29) is 5.69 Å². The second kappa shape index (κ2) is 5.67. The lowest BCUT2D eigenvalue weighted by molar-refractivity contribution is -0.326. The number of hydrogen-bond acceptors (Lipinski definition) is 6. The van der Waals surface area contributed by atoms with E-state index in [0.717, 1.165) is 0 Å². The summed E-state index contributed by atoms with van der Waals surface area (Å²) in [6, 6.07) is 6.20. The van der Waals surface area contributed by atoms with Gasteiger partial charge in [-0.05, 0) is 34.1 Å². The highest BCUT2D eigenvalue weighted by molar-refractivity contribution is 9.10. The van der Waals surface area contributed by atoms with Gasteiger partial charge in [0.25, 0.3) is 4.51 Å². The maximum atomic E-state index is 11.7. The first kappa shape index (κ1) is 17.6. The lowest BCUT2D eigenvalue weighted by Gasteiger charge is -2.49. The quantitative estimate of drug-likeness (QED) is 0.381. The summed E-state index contributed by atoms with van der Waals surface area (Å²) in [5, 5.41) is 51.1. The van der Waals surface area contributed by atoms with Gasteiger partial charge in [0.05, 0.1) is 5.69 Å². The number of hydrogen-bond donors (Lipinski definition) is 6. The van der Waals surface area contributed by atoms with Crippen LogP contribution in [0.1, 0.15) is 5.69 Å². The second-order valence-corrected chi connectivity index (χ2v) is 7.02. The molecule has 0 radical (unpaired) electrons. The summed E-state index contributed by atoms with van der Waals surface area (Å²) in [5.74, 6) is -1.71. The number of nitrogens with one attached hydrogen (secondary N) is 1. The molecule has 8 nitrogen and oxygen atoms in total. The van der Waals surface area contributed by atoms with Crippen molar-refractivity contribution in [1.29, 1.82) is 0 Å². The first-order chi connectivity index (χ1) is 11.1. The van der Waals surface area contributed by atoms with E-state index < -0.39 is 34.6 Å². The number of aliphatic carboxylic acids is 1. The van der Waals surface area contributed by atoms with E-state index >= 15 is 0 Å². The van der Waals surface area contributed by atoms with Gasteiger partial charge in [-0.3, -0.25) is 0 Å². The van der Waals surface area contributed by atoms with E-state index in [9.17, 15) is 30.3 Å². The molecule has 0 amide bonds. The number of benzene rings is 1. The summed E-state index contributed by atoms with van der Waals surface area (Å²) in [6.45, 7) is 0. The van der Waals surface area contributed by atoms with E-state index in [2.05, 4.69) is 20.9 Å². The van der Waals surface area contributed by atoms with E-state index in [1.165, 1.54) is 6.07 Å². The number of carboxylic acid groups (broad SMARTS) is 1. The number of alkyl halides is 1. The summed E-state index contributed by atoms with van der Waals surface area (Å²) < 4.78 is 2.25. The van der Waals surface area contributed by atoms with Gasteiger partial charge in [-0.25, -0.2) is 4.79 Å². The number of aromatic amines is 1. The zero-order chi connectivity index (χ0) is 17.9. The van der Waals surface area contributed by atoms with E-state index in [1.807, 2.05) is 0 Å². The summed E-state index contributed by atoms with van der Waals surface area (Å²) in [7, 11) is 0. The Morgan fingerprint density at radius 2 is 2.00 bits per heavy atom. The molecule has 1 aromatic carbocycles. The summed E-state index contributed by atoms with van der Waals surface area (Å²) in [4.78, 5) is 14.4. The normalized spacial score (nSPS) is 36.8. The molecule has 10 heteroatoms. The molecule has 1 fully saturated rings. The average Bonchev–Trinajstić information content (AvgIpc) is 2.97. The molecular formula is C14H13BrClNO7. The van der Waals surface area contributed by atoms with Gasteiger partial charge in [-0.1, -0.05) is 17.7 Å². The molecule has 2 heterocycles. The van der Waals surface area contributed by atoms with Gasteiger partial charge in [0, 0.05) is 15.9 Å². The van der Waals surface area contributed by atoms with Crippen molar-refractivity contribution in [2.24, 2.45) is 0 Å². The van der Waals surface area contributed by atoms with E-state index in [1.54, 1.807) is 18.2 Å². The summed E-state index contributed by atoms with van der Waals surface area (Å²) in [6.07, 6.45) is -6.05. The molecule has 130 valence electrons. The molecule has 6 N–H and O–H groups in total. The van der Waals surface area contributed by atoms with Crippen molar-refractivity contribution in [1.82, 2.24) is 4.98 Å². The average molecular weight is 423 g/mol.